The largest absolute Gasteiger partial charge is 0.573 e. The monoisotopic (exact) mass is 567 g/mol. The normalized spacial score (nSPS) is 15.6. The summed E-state index contributed by atoms with van der Waals surface area (Å²) in [7, 11) is 1.46. The van der Waals surface area contributed by atoms with Crippen LogP contribution in [0.5, 0.6) is 11.5 Å². The third-order valence-corrected chi connectivity index (χ3v) is 7.26. The van der Waals surface area contributed by atoms with Crippen LogP contribution >= 0.6 is 0 Å². The Hall–Kier alpha value is -4.88. The number of nitrogens with one attached hydrogen (secondary N) is 1. The summed E-state index contributed by atoms with van der Waals surface area (Å²) in [5.41, 5.74) is 7.21. The lowest BCUT2D eigenvalue weighted by Gasteiger charge is -2.24. The molecule has 6 rings (SSSR count). The van der Waals surface area contributed by atoms with E-state index in [1.165, 1.54) is 36.3 Å². The molecule has 1 aliphatic heterocycles. The fourth-order valence-electron chi connectivity index (χ4n) is 5.07. The zero-order chi connectivity index (χ0) is 29.1. The molecule has 0 saturated heterocycles. The van der Waals surface area contributed by atoms with Gasteiger partial charge in [0.1, 0.15) is 17.1 Å². The minimum Gasteiger partial charge on any atom is -0.495 e. The number of methoxy groups -OCH3 is 1. The first-order chi connectivity index (χ1) is 19.5. The van der Waals surface area contributed by atoms with Crippen molar-refractivity contribution in [3.63, 3.8) is 0 Å². The standard InChI is InChI=1S/C27H24F3N7O4/c1-13(14-3-4-14)36-12-16-7-15(8-20(21(16)26(36)39)41-27(28,29)30)19-5-6-37-24(34-19)22(23(31)35-37)25(38)33-17-9-18(40-2)11-32-10-17/h5-11,13-14H,3-4,12H2,1-2H3,(H2,31,35)(H,33,38)/t13-/m0/s1. The predicted molar refractivity (Wildman–Crippen MR) is 140 cm³/mol. The highest BCUT2D eigenvalue weighted by Crippen LogP contribution is 2.42. The number of benzene rings is 1. The second-order valence-corrected chi connectivity index (χ2v) is 9.98. The number of nitrogen functional groups attached to an aromatic ring is 1. The Labute approximate surface area is 231 Å². The highest BCUT2D eigenvalue weighted by Gasteiger charge is 2.42. The van der Waals surface area contributed by atoms with Gasteiger partial charge in [0.2, 0.25) is 0 Å². The summed E-state index contributed by atoms with van der Waals surface area (Å²) in [5, 5.41) is 6.81. The Balaban J connectivity index is 1.39. The van der Waals surface area contributed by atoms with Crippen LogP contribution in [-0.4, -0.2) is 55.8 Å². The SMILES string of the molecule is COc1cncc(NC(=O)c2c(N)nn3ccc(-c4cc5c(c(OC(F)(F)F)c4)C(=O)N([C@@H](C)C4CC4)C5)nc23)c1. The van der Waals surface area contributed by atoms with E-state index in [1.807, 2.05) is 6.92 Å². The zero-order valence-electron chi connectivity index (χ0n) is 21.9. The molecule has 4 aromatic rings. The smallest absolute Gasteiger partial charge is 0.495 e. The molecule has 3 aromatic heterocycles. The molecule has 41 heavy (non-hydrogen) atoms. The van der Waals surface area contributed by atoms with E-state index in [0.717, 1.165) is 18.9 Å². The number of nitrogens with zero attached hydrogens (tertiary/aromatic N) is 5. The summed E-state index contributed by atoms with van der Waals surface area (Å²) in [6.45, 7) is 2.05. The van der Waals surface area contributed by atoms with Crippen molar-refractivity contribution in [2.75, 3.05) is 18.2 Å². The summed E-state index contributed by atoms with van der Waals surface area (Å²) in [6, 6.07) is 5.73. The lowest BCUT2D eigenvalue weighted by molar-refractivity contribution is -0.274. The second kappa shape index (κ2) is 9.64. The first-order valence-corrected chi connectivity index (χ1v) is 12.7. The number of pyridine rings is 1. The molecule has 1 atom stereocenters. The Bertz CT molecular complexity index is 1700. The number of alkyl halides is 3. The summed E-state index contributed by atoms with van der Waals surface area (Å²) in [4.78, 5) is 36.5. The molecule has 0 unspecified atom stereocenters. The van der Waals surface area contributed by atoms with Gasteiger partial charge in [-0.15, -0.1) is 18.3 Å². The molecule has 2 aliphatic rings. The van der Waals surface area contributed by atoms with Crippen molar-refractivity contribution >= 4 is 29.0 Å². The van der Waals surface area contributed by atoms with Gasteiger partial charge < -0.3 is 25.4 Å². The summed E-state index contributed by atoms with van der Waals surface area (Å²) in [5.74, 6) is -1.07. The van der Waals surface area contributed by atoms with Gasteiger partial charge in [0.25, 0.3) is 11.8 Å². The average Bonchev–Trinajstić information content (AvgIpc) is 3.64. The van der Waals surface area contributed by atoms with Crippen LogP contribution in [0.2, 0.25) is 0 Å². The van der Waals surface area contributed by atoms with Gasteiger partial charge in [-0.2, -0.15) is 0 Å². The number of fused-ring (bicyclic) bond motifs is 2. The maximum absolute atomic E-state index is 13.4. The Morgan fingerprint density at radius 3 is 2.71 bits per heavy atom. The molecule has 3 N–H and O–H groups in total. The fraction of sp³-hybridized carbons (Fsp3) is 0.296. The maximum Gasteiger partial charge on any atom is 0.573 e. The molecule has 0 spiro atoms. The van der Waals surface area contributed by atoms with Crippen molar-refractivity contribution in [2.24, 2.45) is 5.92 Å². The zero-order valence-corrected chi connectivity index (χ0v) is 21.9. The molecular formula is C27H24F3N7O4. The first kappa shape index (κ1) is 26.3. The topological polar surface area (TPSA) is 137 Å². The second-order valence-electron chi connectivity index (χ2n) is 9.98. The first-order valence-electron chi connectivity index (χ1n) is 12.7. The van der Waals surface area contributed by atoms with Crippen LogP contribution in [-0.2, 0) is 6.54 Å². The number of anilines is 2. The van der Waals surface area contributed by atoms with Gasteiger partial charge in [0.05, 0.1) is 36.4 Å². The van der Waals surface area contributed by atoms with Crippen molar-refractivity contribution < 1.29 is 32.2 Å². The molecule has 1 aromatic carbocycles. The van der Waals surface area contributed by atoms with Gasteiger partial charge in [-0.05, 0) is 49.4 Å². The number of nitrogens with two attached hydrogens (primary N) is 1. The minimum atomic E-state index is -5.01. The van der Waals surface area contributed by atoms with Crippen LogP contribution in [0.3, 0.4) is 0 Å². The van der Waals surface area contributed by atoms with Crippen molar-refractivity contribution in [2.45, 2.75) is 38.7 Å². The average molecular weight is 568 g/mol. The summed E-state index contributed by atoms with van der Waals surface area (Å²) in [6.07, 6.45) is 1.31. The van der Waals surface area contributed by atoms with Crippen LogP contribution in [0.1, 0.15) is 46.0 Å². The van der Waals surface area contributed by atoms with Crippen LogP contribution in [0.4, 0.5) is 24.7 Å². The fourth-order valence-corrected chi connectivity index (χ4v) is 5.07. The van der Waals surface area contributed by atoms with Crippen LogP contribution < -0.4 is 20.5 Å². The van der Waals surface area contributed by atoms with Gasteiger partial charge in [-0.3, -0.25) is 14.6 Å². The lowest BCUT2D eigenvalue weighted by atomic mass is 10.0. The molecule has 0 radical (unpaired) electrons. The molecule has 1 fully saturated rings. The van der Waals surface area contributed by atoms with Gasteiger partial charge in [-0.1, -0.05) is 0 Å². The number of hydrogen-bond donors (Lipinski definition) is 2. The molecule has 212 valence electrons. The van der Waals surface area contributed by atoms with Crippen LogP contribution in [0.15, 0.2) is 42.9 Å². The molecule has 11 nitrogen and oxygen atoms in total. The van der Waals surface area contributed by atoms with Crippen molar-refractivity contribution in [3.8, 4) is 22.8 Å². The van der Waals surface area contributed by atoms with Gasteiger partial charge in [-0.25, -0.2) is 9.50 Å². The number of amides is 2. The van der Waals surface area contributed by atoms with E-state index >= 15 is 0 Å². The van der Waals surface area contributed by atoms with E-state index in [2.05, 4.69) is 25.1 Å². The number of carbonyl (C=O) groups excluding carboxylic acids is 2. The van der Waals surface area contributed by atoms with Crippen LogP contribution in [0.25, 0.3) is 16.9 Å². The number of carbonyl (C=O) groups is 2. The van der Waals surface area contributed by atoms with Crippen molar-refractivity contribution in [1.29, 1.82) is 0 Å². The minimum absolute atomic E-state index is 0.0396. The van der Waals surface area contributed by atoms with E-state index in [9.17, 15) is 22.8 Å². The molecule has 4 heterocycles. The van der Waals surface area contributed by atoms with Gasteiger partial charge >= 0.3 is 6.36 Å². The third kappa shape index (κ3) is 4.96. The number of aromatic nitrogens is 4. The molecule has 1 aliphatic carbocycles. The van der Waals surface area contributed by atoms with E-state index in [1.54, 1.807) is 17.0 Å². The van der Waals surface area contributed by atoms with E-state index in [-0.39, 0.29) is 46.4 Å². The van der Waals surface area contributed by atoms with Crippen molar-refractivity contribution in [1.82, 2.24) is 24.5 Å². The van der Waals surface area contributed by atoms with Gasteiger partial charge in [0.15, 0.2) is 11.5 Å². The van der Waals surface area contributed by atoms with E-state index in [0.29, 0.717) is 22.9 Å². The molecule has 0 bridgehead atoms. The quantitative estimate of drug-likeness (QED) is 0.338. The molecule has 14 heteroatoms. The Morgan fingerprint density at radius 1 is 1.22 bits per heavy atom. The Kier molecular flexibility index (Phi) is 6.20. The maximum atomic E-state index is 13.4. The van der Waals surface area contributed by atoms with Crippen LogP contribution in [0, 0.1) is 5.92 Å². The van der Waals surface area contributed by atoms with E-state index in [4.69, 9.17) is 10.5 Å². The number of hydrogen-bond acceptors (Lipinski definition) is 8. The molecule has 2 amide bonds. The predicted octanol–water partition coefficient (Wildman–Crippen LogP) is 4.29. The molecule has 1 saturated carbocycles. The molecular weight excluding hydrogens is 543 g/mol. The summed E-state index contributed by atoms with van der Waals surface area (Å²) < 4.78 is 50.9. The summed E-state index contributed by atoms with van der Waals surface area (Å²) >= 11 is 0. The number of rotatable bonds is 7. The van der Waals surface area contributed by atoms with E-state index < -0.39 is 23.9 Å². The number of halogens is 3. The Morgan fingerprint density at radius 2 is 2.00 bits per heavy atom. The highest BCUT2D eigenvalue weighted by atomic mass is 19.4. The van der Waals surface area contributed by atoms with Crippen molar-refractivity contribution in [3.05, 3.63) is 59.5 Å². The highest BCUT2D eigenvalue weighted by molar-refractivity contribution is 6.11. The van der Waals surface area contributed by atoms with Gasteiger partial charge in [0, 0.05) is 30.4 Å². The number of ether oxygens (including phenoxy) is 2. The lowest BCUT2D eigenvalue weighted by Crippen LogP contribution is -2.34. The third-order valence-electron chi connectivity index (χ3n) is 7.26.